The summed E-state index contributed by atoms with van der Waals surface area (Å²) in [6.45, 7) is 0. The van der Waals surface area contributed by atoms with E-state index in [0.29, 0.717) is 17.6 Å². The minimum atomic E-state index is -1.96. The van der Waals surface area contributed by atoms with E-state index in [1.54, 1.807) is 0 Å². The van der Waals surface area contributed by atoms with Gasteiger partial charge in [0.25, 0.3) is 0 Å². The molecule has 6 nitrogen and oxygen atoms in total. The molecule has 3 heterocycles. The van der Waals surface area contributed by atoms with Crippen molar-refractivity contribution in [1.29, 1.82) is 0 Å². The van der Waals surface area contributed by atoms with Crippen LogP contribution >= 0.6 is 20.1 Å². The number of fused-ring (bicyclic) bond motifs is 5. The van der Waals surface area contributed by atoms with Crippen LogP contribution in [0, 0.1) is 0 Å². The summed E-state index contributed by atoms with van der Waals surface area (Å²) in [6.07, 6.45) is 0. The minimum absolute atomic E-state index is 0.486. The van der Waals surface area contributed by atoms with Crippen LogP contribution in [-0.2, 0) is 0 Å². The largest absolute Gasteiger partial charge is 0.276 e. The molecule has 0 N–H and O–H groups in total. The lowest BCUT2D eigenvalue weighted by atomic mass is 10.2. The maximum Gasteiger partial charge on any atom is 0.241 e. The van der Waals surface area contributed by atoms with Crippen molar-refractivity contribution in [2.75, 3.05) is 0 Å². The van der Waals surface area contributed by atoms with Gasteiger partial charge in [-0.3, -0.25) is 4.40 Å². The molecular formula is C64H46N6S2. The molecule has 0 unspecified atom stereocenters. The number of hydrogen-bond acceptors (Lipinski definition) is 4. The van der Waals surface area contributed by atoms with Gasteiger partial charge in [0.05, 0.1) is 22.1 Å². The summed E-state index contributed by atoms with van der Waals surface area (Å²) < 4.78 is 4.38. The van der Waals surface area contributed by atoms with E-state index in [1.165, 1.54) is 39.2 Å². The third-order valence-corrected chi connectivity index (χ3v) is 21.2. The molecule has 0 aliphatic rings. The fourth-order valence-electron chi connectivity index (χ4n) is 10.3. The van der Waals surface area contributed by atoms with E-state index >= 15 is 0 Å². The zero-order chi connectivity index (χ0) is 47.9. The molecule has 10 aromatic carbocycles. The zero-order valence-corrected chi connectivity index (χ0v) is 40.7. The number of aromatic nitrogens is 6. The van der Waals surface area contributed by atoms with E-state index in [4.69, 9.17) is 19.9 Å². The summed E-state index contributed by atoms with van der Waals surface area (Å²) in [5.74, 6) is 2.35. The van der Waals surface area contributed by atoms with Crippen molar-refractivity contribution < 1.29 is 0 Å². The Balaban J connectivity index is 1.02. The van der Waals surface area contributed by atoms with Gasteiger partial charge in [-0.15, -0.1) is 20.1 Å². The zero-order valence-electron chi connectivity index (χ0n) is 39.1. The lowest BCUT2D eigenvalue weighted by Gasteiger charge is -2.42. The molecule has 72 heavy (non-hydrogen) atoms. The number of benzene rings is 10. The topological polar surface area (TPSA) is 60.9 Å². The van der Waals surface area contributed by atoms with Crippen LogP contribution in [0.2, 0.25) is 0 Å². The Hall–Kier alpha value is -8.82. The molecule has 13 rings (SSSR count). The first kappa shape index (κ1) is 43.2. The van der Waals surface area contributed by atoms with Gasteiger partial charge in [0.1, 0.15) is 0 Å². The molecule has 0 atom stereocenters. The van der Waals surface area contributed by atoms with Crippen molar-refractivity contribution in [1.82, 2.24) is 28.9 Å². The highest BCUT2D eigenvalue weighted by Crippen LogP contribution is 2.74. The monoisotopic (exact) mass is 962 g/mol. The maximum absolute atomic E-state index is 5.44. The van der Waals surface area contributed by atoms with Crippen molar-refractivity contribution in [3.63, 3.8) is 0 Å². The predicted octanol–water partition coefficient (Wildman–Crippen LogP) is 16.6. The highest BCUT2D eigenvalue weighted by atomic mass is 32.3. The van der Waals surface area contributed by atoms with E-state index in [-0.39, 0.29) is 0 Å². The van der Waals surface area contributed by atoms with Crippen molar-refractivity contribution >= 4 is 47.9 Å². The highest BCUT2D eigenvalue weighted by Gasteiger charge is 2.35. The van der Waals surface area contributed by atoms with Gasteiger partial charge in [-0.2, -0.15) is 9.97 Å². The lowest BCUT2D eigenvalue weighted by Crippen LogP contribution is -2.07. The van der Waals surface area contributed by atoms with E-state index in [0.717, 1.165) is 39.0 Å². The Kier molecular flexibility index (Phi) is 10.9. The Morgan fingerprint density at radius 2 is 0.611 bits per heavy atom. The average Bonchev–Trinajstić information content (AvgIpc) is 4.00. The smallest absolute Gasteiger partial charge is 0.241 e. The first-order valence-electron chi connectivity index (χ1n) is 24.0. The van der Waals surface area contributed by atoms with Crippen LogP contribution in [-0.4, -0.2) is 28.9 Å². The second-order valence-corrected chi connectivity index (χ2v) is 23.7. The first-order valence-corrected chi connectivity index (χ1v) is 27.3. The Labute approximate surface area is 421 Å². The van der Waals surface area contributed by atoms with Crippen LogP contribution in [0.5, 0.6) is 0 Å². The van der Waals surface area contributed by atoms with E-state index in [2.05, 4.69) is 270 Å². The van der Waals surface area contributed by atoms with Crippen LogP contribution in [0.3, 0.4) is 0 Å². The molecule has 344 valence electrons. The average molecular weight is 963 g/mol. The van der Waals surface area contributed by atoms with Crippen LogP contribution in [0.25, 0.3) is 56.6 Å². The Bertz CT molecular complexity index is 3810. The van der Waals surface area contributed by atoms with E-state index < -0.39 is 20.1 Å². The SMILES string of the molecule is c1ccc(-c2nc(-c3ccc(S(c4ccccc4)(c4ccccc4)c4ccccc4)cc3)nc(-n3c4ccccc4n4c5cc(S(c6ccccc6)(c6ccccc6)c6ccccc6)ccc5nc34)n2)cc1. The van der Waals surface area contributed by atoms with Crippen molar-refractivity contribution in [2.24, 2.45) is 0 Å². The van der Waals surface area contributed by atoms with Crippen LogP contribution in [0.1, 0.15) is 0 Å². The Morgan fingerprint density at radius 3 is 1.06 bits per heavy atom. The fourth-order valence-corrected chi connectivity index (χ4v) is 18.0. The summed E-state index contributed by atoms with van der Waals surface area (Å²) in [5.41, 5.74) is 5.61. The maximum atomic E-state index is 5.44. The van der Waals surface area contributed by atoms with Crippen molar-refractivity contribution in [3.8, 4) is 28.7 Å². The standard InChI is InChI=1S/C64H46N6S2/c1-8-24-47(25-9-1)61-66-62(48-40-42-55(43-41-48)71(49-26-10-2-11-27-49,50-28-12-3-13-29-50)51-30-14-4-15-31-51)68-63(67-61)70-59-39-23-22-38-58(59)69-60-46-56(44-45-57(60)65-64(69)70)72(52-32-16-5-17-33-52,53-34-18-6-19-35-53)54-36-20-7-21-37-54/h1-46H. The summed E-state index contributed by atoms with van der Waals surface area (Å²) in [5, 5.41) is 0. The van der Waals surface area contributed by atoms with Gasteiger partial charge in [0, 0.05) is 50.3 Å². The minimum Gasteiger partial charge on any atom is -0.276 e. The number of imidazole rings is 2. The molecule has 0 radical (unpaired) electrons. The second kappa shape index (κ2) is 18.2. The van der Waals surface area contributed by atoms with Crippen LogP contribution in [0.15, 0.2) is 318 Å². The molecule has 0 aliphatic carbocycles. The van der Waals surface area contributed by atoms with Crippen LogP contribution in [0.4, 0.5) is 0 Å². The summed E-state index contributed by atoms with van der Waals surface area (Å²) >= 11 is 0. The van der Waals surface area contributed by atoms with Gasteiger partial charge in [0.15, 0.2) is 11.6 Å². The number of rotatable bonds is 11. The third kappa shape index (κ3) is 7.06. The molecule has 0 bridgehead atoms. The number of nitrogens with zero attached hydrogens (tertiary/aromatic N) is 6. The number of para-hydroxylation sites is 2. The molecule has 0 fully saturated rings. The van der Waals surface area contributed by atoms with Gasteiger partial charge in [-0.25, -0.2) is 14.5 Å². The normalized spacial score (nSPS) is 12.3. The summed E-state index contributed by atoms with van der Waals surface area (Å²) in [6, 6.07) is 100. The molecule has 8 heteroatoms. The highest BCUT2D eigenvalue weighted by molar-refractivity contribution is 8.34. The van der Waals surface area contributed by atoms with Crippen molar-refractivity contribution in [2.45, 2.75) is 39.2 Å². The summed E-state index contributed by atoms with van der Waals surface area (Å²) in [7, 11) is -3.85. The molecular weight excluding hydrogens is 917 g/mol. The fraction of sp³-hybridized carbons (Fsp3) is 0. The lowest BCUT2D eigenvalue weighted by molar-refractivity contribution is 0.937. The molecule has 0 saturated carbocycles. The van der Waals surface area contributed by atoms with Gasteiger partial charge in [0.2, 0.25) is 11.7 Å². The summed E-state index contributed by atoms with van der Waals surface area (Å²) in [4.78, 5) is 31.3. The van der Waals surface area contributed by atoms with E-state index in [1.807, 2.05) is 18.2 Å². The van der Waals surface area contributed by atoms with Gasteiger partial charge >= 0.3 is 0 Å². The van der Waals surface area contributed by atoms with E-state index in [9.17, 15) is 0 Å². The quantitative estimate of drug-likeness (QED) is 0.130. The van der Waals surface area contributed by atoms with Gasteiger partial charge in [-0.05, 0) is 115 Å². The molecule has 13 aromatic rings. The van der Waals surface area contributed by atoms with Gasteiger partial charge < -0.3 is 0 Å². The van der Waals surface area contributed by atoms with Gasteiger partial charge in [-0.1, -0.05) is 164 Å². The van der Waals surface area contributed by atoms with Crippen LogP contribution < -0.4 is 0 Å². The third-order valence-electron chi connectivity index (χ3n) is 13.4. The van der Waals surface area contributed by atoms with Crippen molar-refractivity contribution in [3.05, 3.63) is 279 Å². The Morgan fingerprint density at radius 1 is 0.264 bits per heavy atom. The molecule has 0 aliphatic heterocycles. The predicted molar refractivity (Wildman–Crippen MR) is 294 cm³/mol. The second-order valence-electron chi connectivity index (χ2n) is 17.5. The molecule has 3 aromatic heterocycles. The first-order chi connectivity index (χ1) is 35.7. The molecule has 0 saturated heterocycles. The number of hydrogen-bond donors (Lipinski definition) is 0. The molecule has 0 spiro atoms. The molecule has 0 amide bonds.